The maximum Gasteiger partial charge on any atom is 0.253 e. The van der Waals surface area contributed by atoms with Crippen molar-refractivity contribution in [3.05, 3.63) is 84.1 Å². The number of fused-ring (bicyclic) bond motifs is 1. The number of furan rings is 1. The molecule has 10 heteroatoms. The molecule has 3 heterocycles. The Balaban J connectivity index is 1.31. The average molecular weight is 536 g/mol. The highest BCUT2D eigenvalue weighted by molar-refractivity contribution is 6.31. The van der Waals surface area contributed by atoms with Crippen molar-refractivity contribution in [1.29, 1.82) is 0 Å². The highest BCUT2D eigenvalue weighted by Crippen LogP contribution is 2.46. The third-order valence-electron chi connectivity index (χ3n) is 7.44. The summed E-state index contributed by atoms with van der Waals surface area (Å²) in [5, 5.41) is 25.7. The summed E-state index contributed by atoms with van der Waals surface area (Å²) in [5.74, 6) is 2.62. The number of aromatic nitrogens is 2. The van der Waals surface area contributed by atoms with Crippen LogP contribution in [0.3, 0.4) is 0 Å². The van der Waals surface area contributed by atoms with Crippen molar-refractivity contribution in [3.63, 3.8) is 0 Å². The summed E-state index contributed by atoms with van der Waals surface area (Å²) in [6.07, 6.45) is 1.23. The molecule has 0 amide bonds. The minimum atomic E-state index is -1.02. The first-order valence-electron chi connectivity index (χ1n) is 12.8. The van der Waals surface area contributed by atoms with Crippen molar-refractivity contribution in [2.75, 3.05) is 15.5 Å². The lowest BCUT2D eigenvalue weighted by atomic mass is 9.85. The predicted octanol–water partition coefficient (Wildman–Crippen LogP) is 5.39. The van der Waals surface area contributed by atoms with E-state index in [9.17, 15) is 14.7 Å². The predicted molar refractivity (Wildman–Crippen MR) is 147 cm³/mol. The van der Waals surface area contributed by atoms with Crippen LogP contribution in [0.2, 0.25) is 5.02 Å². The van der Waals surface area contributed by atoms with E-state index in [-0.39, 0.29) is 22.8 Å². The van der Waals surface area contributed by atoms with E-state index in [4.69, 9.17) is 16.0 Å². The molecule has 4 N–H and O–H groups in total. The van der Waals surface area contributed by atoms with Gasteiger partial charge in [-0.3, -0.25) is 14.7 Å². The molecule has 1 fully saturated rings. The van der Waals surface area contributed by atoms with Crippen LogP contribution < -0.4 is 26.4 Å². The number of nitrogens with one attached hydrogen (secondary N) is 3. The zero-order valence-electron chi connectivity index (χ0n) is 21.7. The van der Waals surface area contributed by atoms with Gasteiger partial charge in [0.05, 0.1) is 11.7 Å². The Morgan fingerprint density at radius 1 is 1.16 bits per heavy atom. The van der Waals surface area contributed by atoms with Crippen LogP contribution in [0.1, 0.15) is 80.1 Å². The van der Waals surface area contributed by atoms with Crippen LogP contribution in [0.15, 0.2) is 44.3 Å². The number of aliphatic hydroxyl groups is 1. The van der Waals surface area contributed by atoms with Crippen LogP contribution in [-0.2, 0) is 6.54 Å². The Labute approximate surface area is 224 Å². The highest BCUT2D eigenvalue weighted by atomic mass is 35.5. The second kappa shape index (κ2) is 8.74. The van der Waals surface area contributed by atoms with Gasteiger partial charge in [0, 0.05) is 34.8 Å². The van der Waals surface area contributed by atoms with E-state index in [0.29, 0.717) is 40.3 Å². The fourth-order valence-corrected chi connectivity index (χ4v) is 5.37. The summed E-state index contributed by atoms with van der Waals surface area (Å²) >= 11 is 6.53. The number of anilines is 4. The van der Waals surface area contributed by atoms with Gasteiger partial charge in [0.1, 0.15) is 28.7 Å². The second-order valence-electron chi connectivity index (χ2n) is 11.4. The molecular formula is C28H30ClN5O4. The molecule has 1 aliphatic carbocycles. The van der Waals surface area contributed by atoms with E-state index in [2.05, 4.69) is 20.8 Å². The molecule has 2 aromatic heterocycles. The number of H-pyrrole nitrogens is 1. The van der Waals surface area contributed by atoms with E-state index in [1.165, 1.54) is 0 Å². The lowest BCUT2D eigenvalue weighted by Gasteiger charge is -2.32. The van der Waals surface area contributed by atoms with E-state index in [1.54, 1.807) is 17.0 Å². The van der Waals surface area contributed by atoms with Crippen molar-refractivity contribution < 1.29 is 9.52 Å². The van der Waals surface area contributed by atoms with Gasteiger partial charge in [0.15, 0.2) is 6.23 Å². The summed E-state index contributed by atoms with van der Waals surface area (Å²) in [4.78, 5) is 27.2. The maximum absolute atomic E-state index is 12.7. The van der Waals surface area contributed by atoms with Crippen molar-refractivity contribution in [2.24, 2.45) is 5.41 Å². The maximum atomic E-state index is 12.7. The molecule has 9 nitrogen and oxygen atoms in total. The standard InChI is InChI=1S/C28H30ClN5O4/c1-13-5-10-19(38-13)26(28(2,3)4)31-23-22(24(35)25(23)36)30-17-9-8-16(29)15-12-34(27(37)21(15)17)20-11-18(32-33-20)14-6-7-14/h5,8-11,14,26-27,30-31,37H,6-7,12H2,1-4H3,(H,32,33)/t26-,27?/m0/s1. The van der Waals surface area contributed by atoms with Gasteiger partial charge < -0.3 is 25.1 Å². The number of rotatable bonds is 7. The molecular weight excluding hydrogens is 506 g/mol. The van der Waals surface area contributed by atoms with Crippen LogP contribution in [0.25, 0.3) is 0 Å². The van der Waals surface area contributed by atoms with E-state index < -0.39 is 17.1 Å². The van der Waals surface area contributed by atoms with E-state index in [0.717, 1.165) is 29.9 Å². The third kappa shape index (κ3) is 4.10. The highest BCUT2D eigenvalue weighted by Gasteiger charge is 2.37. The van der Waals surface area contributed by atoms with Crippen LogP contribution in [0.4, 0.5) is 22.9 Å². The molecule has 4 aromatic rings. The molecule has 198 valence electrons. The number of halogens is 1. The number of hydrogen-bond acceptors (Lipinski definition) is 8. The minimum absolute atomic E-state index is 0.153. The summed E-state index contributed by atoms with van der Waals surface area (Å²) in [5.41, 5.74) is 1.63. The monoisotopic (exact) mass is 535 g/mol. The molecule has 1 saturated carbocycles. The SMILES string of the molecule is Cc1ccc([C@H](Nc2c(Nc3ccc(Cl)c4c3C(O)N(c3cc(C5CC5)n[nH]3)C4)c(=O)c2=O)C(C)(C)C)o1. The molecule has 6 rings (SSSR count). The van der Waals surface area contributed by atoms with Crippen molar-refractivity contribution in [2.45, 2.75) is 65.3 Å². The van der Waals surface area contributed by atoms with Gasteiger partial charge in [-0.2, -0.15) is 5.10 Å². The third-order valence-corrected chi connectivity index (χ3v) is 7.80. The van der Waals surface area contributed by atoms with Crippen molar-refractivity contribution in [3.8, 4) is 0 Å². The van der Waals surface area contributed by atoms with Crippen LogP contribution >= 0.6 is 11.6 Å². The first-order chi connectivity index (χ1) is 18.0. The molecule has 1 aliphatic heterocycles. The molecule has 38 heavy (non-hydrogen) atoms. The number of aromatic amines is 1. The minimum Gasteiger partial charge on any atom is -0.464 e. The van der Waals surface area contributed by atoms with Crippen molar-refractivity contribution >= 4 is 34.5 Å². The Kier molecular flexibility index (Phi) is 5.70. The number of aliphatic hydroxyl groups excluding tert-OH is 1. The van der Waals surface area contributed by atoms with E-state index >= 15 is 0 Å². The molecule has 0 bridgehead atoms. The molecule has 2 aromatic carbocycles. The van der Waals surface area contributed by atoms with Gasteiger partial charge in [-0.05, 0) is 55.0 Å². The number of nitrogens with zero attached hydrogens (tertiary/aromatic N) is 2. The molecule has 0 spiro atoms. The van der Waals surface area contributed by atoms with Crippen LogP contribution in [0, 0.1) is 12.3 Å². The molecule has 2 atom stereocenters. The molecule has 2 aliphatic rings. The van der Waals surface area contributed by atoms with Gasteiger partial charge in [-0.1, -0.05) is 32.4 Å². The zero-order valence-corrected chi connectivity index (χ0v) is 22.4. The first kappa shape index (κ1) is 24.8. The Hall–Kier alpha value is -3.56. The summed E-state index contributed by atoms with van der Waals surface area (Å²) in [7, 11) is 0. The Morgan fingerprint density at radius 3 is 2.55 bits per heavy atom. The normalized spacial score (nSPS) is 18.2. The lowest BCUT2D eigenvalue weighted by molar-refractivity contribution is 0.181. The zero-order chi connectivity index (χ0) is 26.9. The largest absolute Gasteiger partial charge is 0.464 e. The fourth-order valence-electron chi connectivity index (χ4n) is 5.14. The first-order valence-corrected chi connectivity index (χ1v) is 13.1. The average Bonchev–Trinajstić information content (AvgIpc) is 3.27. The van der Waals surface area contributed by atoms with Crippen LogP contribution in [0.5, 0.6) is 0 Å². The summed E-state index contributed by atoms with van der Waals surface area (Å²) in [6, 6.07) is 8.80. The van der Waals surface area contributed by atoms with Gasteiger partial charge in [-0.15, -0.1) is 0 Å². The van der Waals surface area contributed by atoms with E-state index in [1.807, 2.05) is 45.9 Å². The van der Waals surface area contributed by atoms with Gasteiger partial charge in [-0.25, -0.2) is 0 Å². The Morgan fingerprint density at radius 2 is 1.89 bits per heavy atom. The van der Waals surface area contributed by atoms with Gasteiger partial charge in [0.25, 0.3) is 10.9 Å². The number of aryl methyl sites for hydroxylation is 1. The number of hydrogen-bond donors (Lipinski definition) is 4. The van der Waals surface area contributed by atoms with Crippen molar-refractivity contribution in [1.82, 2.24) is 10.2 Å². The van der Waals surface area contributed by atoms with Gasteiger partial charge >= 0.3 is 0 Å². The smallest absolute Gasteiger partial charge is 0.253 e. The molecule has 0 saturated heterocycles. The van der Waals surface area contributed by atoms with Gasteiger partial charge in [0.2, 0.25) is 0 Å². The molecule has 1 unspecified atom stereocenters. The quantitative estimate of drug-likeness (QED) is 0.232. The summed E-state index contributed by atoms with van der Waals surface area (Å²) in [6.45, 7) is 8.32. The van der Waals surface area contributed by atoms with Crippen LogP contribution in [-0.4, -0.2) is 15.3 Å². The molecule has 0 radical (unpaired) electrons. The topological polar surface area (TPSA) is 123 Å². The second-order valence-corrected chi connectivity index (χ2v) is 11.8. The summed E-state index contributed by atoms with van der Waals surface area (Å²) < 4.78 is 5.86. The Bertz CT molecular complexity index is 1600. The number of benzene rings is 1. The fraction of sp³-hybridized carbons (Fsp3) is 0.393. The lowest BCUT2D eigenvalue weighted by Crippen LogP contribution is -2.39.